The lowest BCUT2D eigenvalue weighted by Gasteiger charge is -2.35. The van der Waals surface area contributed by atoms with Gasteiger partial charge in [-0.1, -0.05) is 36.7 Å². The van der Waals surface area contributed by atoms with Gasteiger partial charge in [0.25, 0.3) is 5.69 Å². The van der Waals surface area contributed by atoms with Crippen molar-refractivity contribution in [3.8, 4) is 11.4 Å². The molecule has 0 amide bonds. The number of benzene rings is 2. The number of hydrogen-bond donors (Lipinski definition) is 0. The van der Waals surface area contributed by atoms with E-state index >= 15 is 0 Å². The minimum atomic E-state index is -3.81. The van der Waals surface area contributed by atoms with Gasteiger partial charge >= 0.3 is 5.56 Å². The van der Waals surface area contributed by atoms with Gasteiger partial charge in [-0.3, -0.25) is 14.9 Å². The molecule has 14 heteroatoms. The molecule has 3 aromatic rings. The summed E-state index contributed by atoms with van der Waals surface area (Å²) in [6, 6.07) is 10.9. The molecular weight excluding hydrogens is 586 g/mol. The molecule has 2 fully saturated rings. The van der Waals surface area contributed by atoms with E-state index in [0.717, 1.165) is 12.8 Å². The third-order valence-corrected chi connectivity index (χ3v) is 9.69. The summed E-state index contributed by atoms with van der Waals surface area (Å²) < 4.78 is 35.2. The first kappa shape index (κ1) is 29.7. The molecule has 0 radical (unpaired) electrons. The summed E-state index contributed by atoms with van der Waals surface area (Å²) in [4.78, 5) is 37.1. The number of halogens is 1. The highest BCUT2D eigenvalue weighted by atomic mass is 35.5. The highest BCUT2D eigenvalue weighted by Crippen LogP contribution is 2.45. The Morgan fingerprint density at radius 2 is 1.88 bits per heavy atom. The first-order valence-corrected chi connectivity index (χ1v) is 15.4. The number of rotatable bonds is 11. The number of aldehydes is 1. The molecule has 2 heterocycles. The van der Waals surface area contributed by atoms with Gasteiger partial charge in [0.05, 0.1) is 29.2 Å². The molecule has 2 aromatic carbocycles. The van der Waals surface area contributed by atoms with E-state index in [4.69, 9.17) is 16.3 Å². The summed E-state index contributed by atoms with van der Waals surface area (Å²) in [6.07, 6.45) is 4.01. The Bertz CT molecular complexity index is 1680. The fraction of sp³-hybridized carbons (Fsp3) is 0.393. The van der Waals surface area contributed by atoms with Crippen molar-refractivity contribution < 1.29 is 22.9 Å². The number of nitro groups is 1. The van der Waals surface area contributed by atoms with Gasteiger partial charge in [0.2, 0.25) is 15.8 Å². The summed E-state index contributed by atoms with van der Waals surface area (Å²) in [6.45, 7) is 3.32. The third kappa shape index (κ3) is 6.48. The molecule has 1 saturated carbocycles. The van der Waals surface area contributed by atoms with E-state index in [1.165, 1.54) is 27.2 Å². The second kappa shape index (κ2) is 11.8. The number of sulfonamides is 1. The zero-order valence-electron chi connectivity index (χ0n) is 22.9. The van der Waals surface area contributed by atoms with Crippen molar-refractivity contribution in [3.63, 3.8) is 0 Å². The summed E-state index contributed by atoms with van der Waals surface area (Å²) in [5, 5.41) is 16.3. The molecule has 1 aliphatic heterocycles. The maximum Gasteiger partial charge on any atom is 0.316 e. The molecule has 2 aliphatic rings. The van der Waals surface area contributed by atoms with Crippen LogP contribution in [0.3, 0.4) is 0 Å². The van der Waals surface area contributed by atoms with Gasteiger partial charge in [-0.05, 0) is 36.6 Å². The van der Waals surface area contributed by atoms with E-state index in [2.05, 4.69) is 12.0 Å². The zero-order valence-corrected chi connectivity index (χ0v) is 24.5. The van der Waals surface area contributed by atoms with Crippen molar-refractivity contribution in [2.45, 2.75) is 31.9 Å². The van der Waals surface area contributed by atoms with Crippen LogP contribution in [0.2, 0.25) is 5.02 Å². The number of nitro benzene ring substituents is 1. The normalized spacial score (nSPS) is 16.7. The summed E-state index contributed by atoms with van der Waals surface area (Å²) in [7, 11) is -3.81. The van der Waals surface area contributed by atoms with Gasteiger partial charge in [-0.2, -0.15) is 14.1 Å². The average Bonchev–Trinajstić information content (AvgIpc) is 3.70. The standard InChI is InChI=1S/C28H30ClN5O7S/c1-28(8-9-28)19-41-26-25(17-30-33(27(26)36)23-4-2-3-22(29)16-23)31-10-12-32(13-11-31)42(39,40)18-20-5-6-21(7-14-35)24(15-20)34(37)38/h2-6,14-17H,7-13,18-19H2,1H3. The Morgan fingerprint density at radius 1 is 1.14 bits per heavy atom. The van der Waals surface area contributed by atoms with Crippen LogP contribution in [-0.2, 0) is 27.0 Å². The van der Waals surface area contributed by atoms with Crippen molar-refractivity contribution in [1.29, 1.82) is 0 Å². The second-order valence-corrected chi connectivity index (χ2v) is 13.3. The van der Waals surface area contributed by atoms with Gasteiger partial charge in [-0.15, -0.1) is 0 Å². The van der Waals surface area contributed by atoms with Gasteiger partial charge in [0.1, 0.15) is 12.0 Å². The summed E-state index contributed by atoms with van der Waals surface area (Å²) in [5.74, 6) is -0.267. The van der Waals surface area contributed by atoms with E-state index in [1.54, 1.807) is 30.5 Å². The Kier molecular flexibility index (Phi) is 8.35. The van der Waals surface area contributed by atoms with E-state index in [-0.39, 0.29) is 60.6 Å². The van der Waals surface area contributed by atoms with Gasteiger partial charge in [0, 0.05) is 54.7 Å². The predicted octanol–water partition coefficient (Wildman–Crippen LogP) is 3.37. The first-order valence-electron chi connectivity index (χ1n) is 13.4. The topological polar surface area (TPSA) is 145 Å². The molecule has 0 unspecified atom stereocenters. The number of ether oxygens (including phenoxy) is 1. The molecule has 1 aliphatic carbocycles. The Balaban J connectivity index is 1.34. The van der Waals surface area contributed by atoms with Gasteiger partial charge in [-0.25, -0.2) is 8.42 Å². The van der Waals surface area contributed by atoms with Crippen LogP contribution in [0.1, 0.15) is 30.9 Å². The van der Waals surface area contributed by atoms with Crippen LogP contribution in [0.4, 0.5) is 11.4 Å². The number of carbonyl (C=O) groups is 1. The average molecular weight is 616 g/mol. The quantitative estimate of drug-likeness (QED) is 0.180. The lowest BCUT2D eigenvalue weighted by Crippen LogP contribution is -2.49. The fourth-order valence-electron chi connectivity index (χ4n) is 4.83. The number of hydrogen-bond acceptors (Lipinski definition) is 9. The number of anilines is 1. The monoisotopic (exact) mass is 615 g/mol. The van der Waals surface area contributed by atoms with Crippen LogP contribution in [0, 0.1) is 15.5 Å². The summed E-state index contributed by atoms with van der Waals surface area (Å²) >= 11 is 6.13. The first-order chi connectivity index (χ1) is 20.0. The molecule has 5 rings (SSSR count). The Labute approximate surface area is 247 Å². The molecular formula is C28H30ClN5O7S. The van der Waals surface area contributed by atoms with Crippen LogP contribution >= 0.6 is 11.6 Å². The largest absolute Gasteiger partial charge is 0.486 e. The van der Waals surface area contributed by atoms with E-state index < -0.39 is 26.3 Å². The highest BCUT2D eigenvalue weighted by molar-refractivity contribution is 7.88. The van der Waals surface area contributed by atoms with Crippen LogP contribution in [0.5, 0.6) is 5.75 Å². The molecule has 1 saturated heterocycles. The molecule has 0 spiro atoms. The smallest absolute Gasteiger partial charge is 0.316 e. The molecule has 1 aromatic heterocycles. The minimum absolute atomic E-state index is 0.0150. The Morgan fingerprint density at radius 3 is 2.52 bits per heavy atom. The fourth-order valence-corrected chi connectivity index (χ4v) is 6.51. The van der Waals surface area contributed by atoms with Crippen LogP contribution in [0.15, 0.2) is 53.5 Å². The maximum absolute atomic E-state index is 13.6. The van der Waals surface area contributed by atoms with E-state index in [9.17, 15) is 28.1 Å². The van der Waals surface area contributed by atoms with Crippen molar-refractivity contribution >= 4 is 39.3 Å². The van der Waals surface area contributed by atoms with Crippen LogP contribution in [0.25, 0.3) is 5.69 Å². The zero-order chi connectivity index (χ0) is 30.1. The van der Waals surface area contributed by atoms with Crippen LogP contribution in [-0.4, -0.2) is 66.5 Å². The molecule has 42 heavy (non-hydrogen) atoms. The Hall–Kier alpha value is -3.81. The molecule has 12 nitrogen and oxygen atoms in total. The molecule has 222 valence electrons. The molecule has 0 atom stereocenters. The van der Waals surface area contributed by atoms with Crippen molar-refractivity contribution in [1.82, 2.24) is 14.1 Å². The van der Waals surface area contributed by atoms with Gasteiger partial charge < -0.3 is 14.4 Å². The highest BCUT2D eigenvalue weighted by Gasteiger charge is 2.39. The maximum atomic E-state index is 13.6. The molecule has 0 N–H and O–H groups in total. The predicted molar refractivity (Wildman–Crippen MR) is 157 cm³/mol. The van der Waals surface area contributed by atoms with Gasteiger partial charge in [0.15, 0.2) is 0 Å². The van der Waals surface area contributed by atoms with Crippen molar-refractivity contribution in [3.05, 3.63) is 85.3 Å². The second-order valence-electron chi connectivity index (χ2n) is 10.9. The number of piperazine rings is 1. The lowest BCUT2D eigenvalue weighted by atomic mass is 10.1. The summed E-state index contributed by atoms with van der Waals surface area (Å²) in [5.41, 5.74) is 0.765. The molecule has 0 bridgehead atoms. The van der Waals surface area contributed by atoms with Crippen molar-refractivity contribution in [2.75, 3.05) is 37.7 Å². The van der Waals surface area contributed by atoms with E-state index in [0.29, 0.717) is 29.3 Å². The number of carbonyl (C=O) groups excluding carboxylic acids is 1. The van der Waals surface area contributed by atoms with Crippen molar-refractivity contribution in [2.24, 2.45) is 5.41 Å². The SMILES string of the molecule is CC1(COc2c(N3CCN(S(=O)(=O)Cc4ccc(CC=O)c([N+](=O)[O-])c4)CC3)cnn(-c3cccc(Cl)c3)c2=O)CC1. The minimum Gasteiger partial charge on any atom is -0.486 e. The van der Waals surface area contributed by atoms with Crippen LogP contribution < -0.4 is 15.2 Å². The van der Waals surface area contributed by atoms with E-state index in [1.807, 2.05) is 4.90 Å². The lowest BCUT2D eigenvalue weighted by molar-refractivity contribution is -0.385. The number of aromatic nitrogens is 2. The third-order valence-electron chi connectivity index (χ3n) is 7.61. The number of nitrogens with zero attached hydrogens (tertiary/aromatic N) is 5.